The maximum Gasteiger partial charge on any atom is 0.263 e. The zero-order valence-corrected chi connectivity index (χ0v) is 13.0. The van der Waals surface area contributed by atoms with E-state index in [2.05, 4.69) is 9.71 Å². The fraction of sp³-hybridized carbons (Fsp3) is 0.357. The molecule has 1 heterocycles. The lowest BCUT2D eigenvalue weighted by Crippen LogP contribution is -2.12. The lowest BCUT2D eigenvalue weighted by molar-refractivity contribution is 0.299. The molecule has 0 saturated heterocycles. The maximum atomic E-state index is 12.3. The van der Waals surface area contributed by atoms with Gasteiger partial charge in [0.05, 0.1) is 10.6 Å². The van der Waals surface area contributed by atoms with Crippen molar-refractivity contribution in [1.82, 2.24) is 4.98 Å². The first-order valence-corrected chi connectivity index (χ1v) is 9.13. The van der Waals surface area contributed by atoms with E-state index in [-0.39, 0.29) is 11.5 Å². The van der Waals surface area contributed by atoms with Gasteiger partial charge in [-0.15, -0.1) is 11.3 Å². The third-order valence-electron chi connectivity index (χ3n) is 3.37. The topological polar surface area (TPSA) is 79.3 Å². The van der Waals surface area contributed by atoms with Crippen molar-refractivity contribution in [3.63, 3.8) is 0 Å². The van der Waals surface area contributed by atoms with E-state index < -0.39 is 10.0 Å². The van der Waals surface area contributed by atoms with Crippen LogP contribution in [-0.2, 0) is 16.4 Å². The monoisotopic (exact) mass is 324 g/mol. The molecule has 1 aliphatic rings. The van der Waals surface area contributed by atoms with Gasteiger partial charge in [-0.25, -0.2) is 13.4 Å². The van der Waals surface area contributed by atoms with E-state index >= 15 is 0 Å². The summed E-state index contributed by atoms with van der Waals surface area (Å²) in [5.41, 5.74) is 1.89. The standard InChI is InChI=1S/C14H16N2O3S2/c17-8-7-10-1-5-12(6-2-10)21(18,19)16-14-15-13(9-20-14)11-3-4-11/h1-2,5-6,9,11,17H,3-4,7-8H2,(H,15,16). The molecule has 1 fully saturated rings. The Morgan fingerprint density at radius 3 is 2.62 bits per heavy atom. The van der Waals surface area contributed by atoms with Gasteiger partial charge in [0, 0.05) is 17.9 Å². The van der Waals surface area contributed by atoms with E-state index in [1.165, 1.54) is 11.3 Å². The molecule has 7 heteroatoms. The van der Waals surface area contributed by atoms with Crippen LogP contribution in [0, 0.1) is 0 Å². The first-order chi connectivity index (χ1) is 10.1. The van der Waals surface area contributed by atoms with Crippen LogP contribution < -0.4 is 4.72 Å². The molecule has 21 heavy (non-hydrogen) atoms. The summed E-state index contributed by atoms with van der Waals surface area (Å²) >= 11 is 1.32. The summed E-state index contributed by atoms with van der Waals surface area (Å²) in [6, 6.07) is 6.51. The van der Waals surface area contributed by atoms with Crippen molar-refractivity contribution in [2.24, 2.45) is 0 Å². The van der Waals surface area contributed by atoms with E-state index in [0.717, 1.165) is 24.1 Å². The molecule has 0 aliphatic heterocycles. The van der Waals surface area contributed by atoms with E-state index in [9.17, 15) is 8.42 Å². The maximum absolute atomic E-state index is 12.3. The fourth-order valence-electron chi connectivity index (χ4n) is 2.04. The summed E-state index contributed by atoms with van der Waals surface area (Å²) < 4.78 is 27.1. The summed E-state index contributed by atoms with van der Waals surface area (Å²) in [4.78, 5) is 4.53. The Kier molecular flexibility index (Phi) is 3.97. The van der Waals surface area contributed by atoms with Gasteiger partial charge in [-0.1, -0.05) is 12.1 Å². The average Bonchev–Trinajstić information content (AvgIpc) is 3.21. The largest absolute Gasteiger partial charge is 0.396 e. The van der Waals surface area contributed by atoms with Crippen LogP contribution >= 0.6 is 11.3 Å². The zero-order valence-electron chi connectivity index (χ0n) is 11.3. The molecule has 112 valence electrons. The number of thiazole rings is 1. The van der Waals surface area contributed by atoms with Crippen molar-refractivity contribution < 1.29 is 13.5 Å². The van der Waals surface area contributed by atoms with Crippen LogP contribution in [0.5, 0.6) is 0 Å². The van der Waals surface area contributed by atoms with Crippen LogP contribution in [0.15, 0.2) is 34.5 Å². The van der Waals surface area contributed by atoms with E-state index in [1.54, 1.807) is 24.3 Å². The van der Waals surface area contributed by atoms with Crippen LogP contribution in [-0.4, -0.2) is 25.1 Å². The molecule has 2 aromatic rings. The number of hydrogen-bond acceptors (Lipinski definition) is 5. The van der Waals surface area contributed by atoms with Gasteiger partial charge in [0.1, 0.15) is 0 Å². The molecule has 0 atom stereocenters. The second-order valence-electron chi connectivity index (χ2n) is 5.07. The predicted molar refractivity (Wildman–Crippen MR) is 82.1 cm³/mol. The van der Waals surface area contributed by atoms with Crippen molar-refractivity contribution >= 4 is 26.5 Å². The highest BCUT2D eigenvalue weighted by Gasteiger charge is 2.26. The minimum atomic E-state index is -3.60. The number of nitrogens with zero attached hydrogens (tertiary/aromatic N) is 1. The van der Waals surface area contributed by atoms with E-state index in [1.807, 2.05) is 5.38 Å². The summed E-state index contributed by atoms with van der Waals surface area (Å²) in [6.45, 7) is 0.0490. The van der Waals surface area contributed by atoms with Gasteiger partial charge < -0.3 is 5.11 Å². The summed E-state index contributed by atoms with van der Waals surface area (Å²) in [7, 11) is -3.60. The first-order valence-electron chi connectivity index (χ1n) is 6.76. The summed E-state index contributed by atoms with van der Waals surface area (Å²) in [6.07, 6.45) is 2.80. The SMILES string of the molecule is O=S(=O)(Nc1nc(C2CC2)cs1)c1ccc(CCO)cc1. The van der Waals surface area contributed by atoms with Crippen LogP contribution in [0.1, 0.15) is 30.0 Å². The number of rotatable bonds is 6. The molecule has 1 aromatic carbocycles. The Bertz CT molecular complexity index is 719. The van der Waals surface area contributed by atoms with Crippen molar-refractivity contribution in [3.05, 3.63) is 40.9 Å². The molecular formula is C14H16N2O3S2. The Morgan fingerprint density at radius 1 is 1.29 bits per heavy atom. The van der Waals surface area contributed by atoms with Gasteiger partial charge in [0.2, 0.25) is 0 Å². The van der Waals surface area contributed by atoms with Crippen LogP contribution in [0.2, 0.25) is 0 Å². The van der Waals surface area contributed by atoms with Gasteiger partial charge in [-0.05, 0) is 37.0 Å². The minimum Gasteiger partial charge on any atom is -0.396 e. The van der Waals surface area contributed by atoms with Gasteiger partial charge in [-0.3, -0.25) is 4.72 Å². The van der Waals surface area contributed by atoms with Crippen LogP contribution in [0.3, 0.4) is 0 Å². The number of nitrogens with one attached hydrogen (secondary N) is 1. The number of benzene rings is 1. The lowest BCUT2D eigenvalue weighted by atomic mass is 10.2. The van der Waals surface area contributed by atoms with E-state index in [4.69, 9.17) is 5.11 Å². The average molecular weight is 324 g/mol. The molecule has 3 rings (SSSR count). The Balaban J connectivity index is 1.75. The smallest absolute Gasteiger partial charge is 0.263 e. The molecule has 2 N–H and O–H groups in total. The fourth-order valence-corrected chi connectivity index (χ4v) is 4.08. The summed E-state index contributed by atoms with van der Waals surface area (Å²) in [5.74, 6) is 0.511. The molecule has 1 aliphatic carbocycles. The Hall–Kier alpha value is -1.44. The number of aromatic nitrogens is 1. The highest BCUT2D eigenvalue weighted by atomic mass is 32.2. The third-order valence-corrected chi connectivity index (χ3v) is 5.63. The highest BCUT2D eigenvalue weighted by molar-refractivity contribution is 7.93. The van der Waals surface area contributed by atoms with E-state index in [0.29, 0.717) is 17.5 Å². The molecule has 0 radical (unpaired) electrons. The second-order valence-corrected chi connectivity index (χ2v) is 7.62. The number of anilines is 1. The molecule has 0 unspecified atom stereocenters. The number of aliphatic hydroxyl groups is 1. The molecule has 1 aromatic heterocycles. The number of sulfonamides is 1. The van der Waals surface area contributed by atoms with Gasteiger partial charge >= 0.3 is 0 Å². The third kappa shape index (κ3) is 3.42. The Labute approximate surface area is 127 Å². The molecule has 1 saturated carbocycles. The van der Waals surface area contributed by atoms with Gasteiger partial charge in [0.15, 0.2) is 5.13 Å². The molecule has 0 amide bonds. The summed E-state index contributed by atoms with van der Waals surface area (Å²) in [5, 5.41) is 11.2. The van der Waals surface area contributed by atoms with Crippen LogP contribution in [0.4, 0.5) is 5.13 Å². The molecule has 0 bridgehead atoms. The van der Waals surface area contributed by atoms with Gasteiger partial charge in [-0.2, -0.15) is 0 Å². The van der Waals surface area contributed by atoms with Crippen molar-refractivity contribution in [3.8, 4) is 0 Å². The Morgan fingerprint density at radius 2 is 2.00 bits per heavy atom. The first kappa shape index (κ1) is 14.5. The zero-order chi connectivity index (χ0) is 14.9. The normalized spacial score (nSPS) is 15.1. The minimum absolute atomic E-state index is 0.0490. The number of hydrogen-bond donors (Lipinski definition) is 2. The van der Waals surface area contributed by atoms with Gasteiger partial charge in [0.25, 0.3) is 10.0 Å². The van der Waals surface area contributed by atoms with Crippen LogP contribution in [0.25, 0.3) is 0 Å². The van der Waals surface area contributed by atoms with Crippen molar-refractivity contribution in [1.29, 1.82) is 0 Å². The molecular weight excluding hydrogens is 308 g/mol. The number of aliphatic hydroxyl groups excluding tert-OH is 1. The van der Waals surface area contributed by atoms with Crippen molar-refractivity contribution in [2.45, 2.75) is 30.1 Å². The predicted octanol–water partition coefficient (Wildman–Crippen LogP) is 2.36. The highest BCUT2D eigenvalue weighted by Crippen LogP contribution is 2.41. The molecule has 5 nitrogen and oxygen atoms in total. The second kappa shape index (κ2) is 5.75. The lowest BCUT2D eigenvalue weighted by Gasteiger charge is -2.06. The quantitative estimate of drug-likeness (QED) is 0.855. The van der Waals surface area contributed by atoms with Crippen molar-refractivity contribution in [2.75, 3.05) is 11.3 Å². The molecule has 0 spiro atoms.